The molecular weight excluding hydrogens is 318 g/mol. The van der Waals surface area contributed by atoms with E-state index in [2.05, 4.69) is 21.2 Å². The third-order valence-electron chi connectivity index (χ3n) is 3.15. The molecule has 1 fully saturated rings. The normalized spacial score (nSPS) is 17.9. The predicted octanol–water partition coefficient (Wildman–Crippen LogP) is 1.80. The van der Waals surface area contributed by atoms with Crippen molar-refractivity contribution in [1.82, 2.24) is 5.32 Å². The lowest BCUT2D eigenvalue weighted by molar-refractivity contribution is -0.139. The van der Waals surface area contributed by atoms with Gasteiger partial charge in [-0.15, -0.1) is 0 Å². The topological polar surface area (TPSA) is 88.8 Å². The lowest BCUT2D eigenvalue weighted by Crippen LogP contribution is -2.53. The van der Waals surface area contributed by atoms with Crippen LogP contribution in [0.4, 0.5) is 0 Å². The van der Waals surface area contributed by atoms with Gasteiger partial charge in [-0.25, -0.2) is 0 Å². The summed E-state index contributed by atoms with van der Waals surface area (Å²) in [4.78, 5) is 23.1. The number of furan rings is 1. The van der Waals surface area contributed by atoms with Crippen molar-refractivity contribution in [3.05, 3.63) is 22.6 Å². The van der Waals surface area contributed by atoms with Gasteiger partial charge in [0.2, 0.25) is 0 Å². The van der Waals surface area contributed by atoms with Crippen molar-refractivity contribution >= 4 is 27.8 Å². The second-order valence-electron chi connectivity index (χ2n) is 4.56. The van der Waals surface area contributed by atoms with Gasteiger partial charge in [0.05, 0.1) is 17.5 Å². The third-order valence-corrected chi connectivity index (χ3v) is 3.56. The highest BCUT2D eigenvalue weighted by Gasteiger charge is 2.36. The quantitative estimate of drug-likeness (QED) is 0.878. The summed E-state index contributed by atoms with van der Waals surface area (Å²) in [5.74, 6) is -1.27. The molecule has 0 saturated carbocycles. The number of rotatable bonds is 4. The minimum Gasteiger partial charge on any atom is -0.481 e. The lowest BCUT2D eigenvalue weighted by atomic mass is 9.86. The summed E-state index contributed by atoms with van der Waals surface area (Å²) in [6.45, 7) is 0.894. The second-order valence-corrected chi connectivity index (χ2v) is 5.34. The summed E-state index contributed by atoms with van der Waals surface area (Å²) in [5, 5.41) is 11.8. The Kier molecular flexibility index (Phi) is 4.26. The van der Waals surface area contributed by atoms with E-state index in [1.54, 1.807) is 6.07 Å². The van der Waals surface area contributed by atoms with Crippen molar-refractivity contribution in [2.45, 2.75) is 24.8 Å². The molecule has 0 unspecified atom stereocenters. The first-order valence-electron chi connectivity index (χ1n) is 5.87. The molecule has 0 radical (unpaired) electrons. The average molecular weight is 332 g/mol. The molecule has 0 spiro atoms. The minimum atomic E-state index is -0.935. The number of carboxylic acids is 1. The van der Waals surface area contributed by atoms with Crippen LogP contribution in [0.15, 0.2) is 21.4 Å². The van der Waals surface area contributed by atoms with Crippen LogP contribution in [-0.4, -0.2) is 35.7 Å². The predicted molar refractivity (Wildman–Crippen MR) is 68.9 cm³/mol. The molecule has 1 saturated heterocycles. The van der Waals surface area contributed by atoms with Gasteiger partial charge in [0.25, 0.3) is 5.91 Å². The zero-order chi connectivity index (χ0) is 13.9. The van der Waals surface area contributed by atoms with Crippen LogP contribution < -0.4 is 5.32 Å². The smallest absolute Gasteiger partial charge is 0.305 e. The maximum absolute atomic E-state index is 12.1. The van der Waals surface area contributed by atoms with Crippen LogP contribution >= 0.6 is 15.9 Å². The van der Waals surface area contributed by atoms with Crippen molar-refractivity contribution in [1.29, 1.82) is 0 Å². The highest BCUT2D eigenvalue weighted by molar-refractivity contribution is 9.10. The standard InChI is InChI=1S/C12H14BrNO5/c13-9-5-8(7-19-9)11(17)14-12(6-10(15)16)1-3-18-4-2-12/h5,7H,1-4,6H2,(H,14,17)(H,15,16). The van der Waals surface area contributed by atoms with Crippen LogP contribution in [0.5, 0.6) is 0 Å². The first kappa shape index (κ1) is 14.1. The number of halogens is 1. The highest BCUT2D eigenvalue weighted by Crippen LogP contribution is 2.25. The molecule has 1 aromatic rings. The Balaban J connectivity index is 2.11. The Labute approximate surface area is 118 Å². The SMILES string of the molecule is O=C(O)CC1(NC(=O)c2coc(Br)c2)CCOCC1. The molecule has 1 amide bonds. The van der Waals surface area contributed by atoms with E-state index in [0.717, 1.165) is 0 Å². The van der Waals surface area contributed by atoms with Crippen molar-refractivity contribution in [3.63, 3.8) is 0 Å². The van der Waals surface area contributed by atoms with Gasteiger partial charge in [0.15, 0.2) is 4.67 Å². The fourth-order valence-corrected chi connectivity index (χ4v) is 2.48. The summed E-state index contributed by atoms with van der Waals surface area (Å²) in [7, 11) is 0. The molecule has 0 bridgehead atoms. The van der Waals surface area contributed by atoms with E-state index in [-0.39, 0.29) is 12.3 Å². The third kappa shape index (κ3) is 3.57. The van der Waals surface area contributed by atoms with Crippen molar-refractivity contribution in [2.24, 2.45) is 0 Å². The van der Waals surface area contributed by atoms with E-state index < -0.39 is 11.5 Å². The zero-order valence-corrected chi connectivity index (χ0v) is 11.7. The maximum Gasteiger partial charge on any atom is 0.305 e. The molecule has 1 aromatic heterocycles. The molecule has 2 N–H and O–H groups in total. The molecule has 6 nitrogen and oxygen atoms in total. The van der Waals surface area contributed by atoms with Gasteiger partial charge in [-0.1, -0.05) is 0 Å². The van der Waals surface area contributed by atoms with E-state index >= 15 is 0 Å². The average Bonchev–Trinajstić information content (AvgIpc) is 2.76. The highest BCUT2D eigenvalue weighted by atomic mass is 79.9. The molecule has 1 aliphatic rings. The summed E-state index contributed by atoms with van der Waals surface area (Å²) in [6, 6.07) is 1.54. The fraction of sp³-hybridized carbons (Fsp3) is 0.500. The largest absolute Gasteiger partial charge is 0.481 e. The van der Waals surface area contributed by atoms with E-state index in [4.69, 9.17) is 14.3 Å². The zero-order valence-electron chi connectivity index (χ0n) is 10.1. The first-order valence-corrected chi connectivity index (χ1v) is 6.66. The molecular formula is C12H14BrNO5. The van der Waals surface area contributed by atoms with Crippen LogP contribution in [0.25, 0.3) is 0 Å². The van der Waals surface area contributed by atoms with E-state index in [0.29, 0.717) is 36.3 Å². The number of carbonyl (C=O) groups is 2. The number of aliphatic carboxylic acids is 1. The van der Waals surface area contributed by atoms with Crippen molar-refractivity contribution < 1.29 is 23.8 Å². The molecule has 2 heterocycles. The van der Waals surface area contributed by atoms with Gasteiger partial charge in [-0.2, -0.15) is 0 Å². The molecule has 19 heavy (non-hydrogen) atoms. The molecule has 104 valence electrons. The van der Waals surface area contributed by atoms with Crippen LogP contribution in [0, 0.1) is 0 Å². The van der Waals surface area contributed by atoms with Gasteiger partial charge in [0, 0.05) is 19.3 Å². The van der Waals surface area contributed by atoms with E-state index in [1.807, 2.05) is 0 Å². The summed E-state index contributed by atoms with van der Waals surface area (Å²) in [6.07, 6.45) is 2.20. The summed E-state index contributed by atoms with van der Waals surface area (Å²) >= 11 is 3.12. The van der Waals surface area contributed by atoms with E-state index in [1.165, 1.54) is 6.26 Å². The number of carboxylic acid groups (broad SMARTS) is 1. The van der Waals surface area contributed by atoms with Crippen molar-refractivity contribution in [2.75, 3.05) is 13.2 Å². The van der Waals surface area contributed by atoms with Gasteiger partial charge >= 0.3 is 5.97 Å². The fourth-order valence-electron chi connectivity index (χ4n) is 2.14. The number of ether oxygens (including phenoxy) is 1. The Morgan fingerprint density at radius 1 is 1.42 bits per heavy atom. The van der Waals surface area contributed by atoms with Gasteiger partial charge in [0.1, 0.15) is 6.26 Å². The summed E-state index contributed by atoms with van der Waals surface area (Å²) in [5.41, 5.74) is -0.381. The van der Waals surface area contributed by atoms with Crippen LogP contribution in [0.1, 0.15) is 29.6 Å². The van der Waals surface area contributed by atoms with Crippen molar-refractivity contribution in [3.8, 4) is 0 Å². The number of carbonyl (C=O) groups excluding carboxylic acids is 1. The van der Waals surface area contributed by atoms with Crippen LogP contribution in [-0.2, 0) is 9.53 Å². The minimum absolute atomic E-state index is 0.110. The lowest BCUT2D eigenvalue weighted by Gasteiger charge is -2.36. The van der Waals surface area contributed by atoms with Crippen LogP contribution in [0.2, 0.25) is 0 Å². The molecule has 7 heteroatoms. The van der Waals surface area contributed by atoms with Gasteiger partial charge < -0.3 is 19.6 Å². The Bertz CT molecular complexity index is 478. The molecule has 0 aromatic carbocycles. The molecule has 1 aliphatic heterocycles. The Morgan fingerprint density at radius 2 is 2.11 bits per heavy atom. The molecule has 0 aliphatic carbocycles. The number of hydrogen-bond acceptors (Lipinski definition) is 4. The number of hydrogen-bond donors (Lipinski definition) is 2. The first-order chi connectivity index (χ1) is 9.01. The Morgan fingerprint density at radius 3 is 2.63 bits per heavy atom. The summed E-state index contributed by atoms with van der Waals surface area (Å²) < 4.78 is 10.7. The van der Waals surface area contributed by atoms with Crippen LogP contribution in [0.3, 0.4) is 0 Å². The maximum atomic E-state index is 12.1. The number of nitrogens with one attached hydrogen (secondary N) is 1. The van der Waals surface area contributed by atoms with Gasteiger partial charge in [-0.3, -0.25) is 9.59 Å². The number of amides is 1. The molecule has 0 atom stereocenters. The monoisotopic (exact) mass is 331 g/mol. The Hall–Kier alpha value is -1.34. The second kappa shape index (κ2) is 5.75. The molecule has 2 rings (SSSR count). The van der Waals surface area contributed by atoms with Gasteiger partial charge in [-0.05, 0) is 28.8 Å². The van der Waals surface area contributed by atoms with E-state index in [9.17, 15) is 9.59 Å².